The Morgan fingerprint density at radius 1 is 1.30 bits per heavy atom. The fraction of sp³-hybridized carbons (Fsp3) is 0.571. The van der Waals surface area contributed by atoms with E-state index < -0.39 is 11.3 Å². The van der Waals surface area contributed by atoms with Gasteiger partial charge in [0, 0.05) is 13.0 Å². The maximum atomic E-state index is 13.4. The van der Waals surface area contributed by atoms with Crippen molar-refractivity contribution in [2.75, 3.05) is 26.7 Å². The number of methoxy groups -OCH3 is 1. The monoisotopic (exact) mass is 373 g/mol. The van der Waals surface area contributed by atoms with E-state index >= 15 is 0 Å². The van der Waals surface area contributed by atoms with Crippen molar-refractivity contribution in [3.8, 4) is 5.75 Å². The number of aryl methyl sites for hydroxylation is 1. The lowest BCUT2D eigenvalue weighted by molar-refractivity contribution is -0.142. The minimum absolute atomic E-state index is 0.107. The van der Waals surface area contributed by atoms with Crippen LogP contribution in [0.3, 0.4) is 0 Å². The molecular weight excluding hydrogens is 342 g/mol. The van der Waals surface area contributed by atoms with Gasteiger partial charge in [0.05, 0.1) is 19.2 Å². The van der Waals surface area contributed by atoms with Crippen LogP contribution in [0.25, 0.3) is 0 Å². The zero-order valence-electron chi connectivity index (χ0n) is 16.6. The van der Waals surface area contributed by atoms with Gasteiger partial charge in [-0.2, -0.15) is 0 Å². The van der Waals surface area contributed by atoms with Gasteiger partial charge in [-0.15, -0.1) is 6.58 Å². The number of hydrogen-bond acceptors (Lipinski definition) is 4. The van der Waals surface area contributed by atoms with Gasteiger partial charge in [-0.05, 0) is 63.0 Å². The topological polar surface area (TPSA) is 65.0 Å². The molecule has 0 saturated carbocycles. The molecule has 1 unspecified atom stereocenters. The molecule has 1 spiro atoms. The van der Waals surface area contributed by atoms with Crippen LogP contribution < -0.4 is 10.1 Å². The Labute approximate surface area is 161 Å². The van der Waals surface area contributed by atoms with E-state index in [0.29, 0.717) is 19.5 Å². The Balaban J connectivity index is 2.03. The molecule has 2 aliphatic rings. The fourth-order valence-electron chi connectivity index (χ4n) is 4.82. The van der Waals surface area contributed by atoms with Crippen LogP contribution in [-0.4, -0.2) is 58.9 Å². The Morgan fingerprint density at radius 3 is 2.59 bits per heavy atom. The van der Waals surface area contributed by atoms with Crippen molar-refractivity contribution in [2.45, 2.75) is 50.9 Å². The molecule has 2 saturated heterocycles. The van der Waals surface area contributed by atoms with Crippen molar-refractivity contribution in [1.82, 2.24) is 15.1 Å². The number of rotatable bonds is 6. The first-order chi connectivity index (χ1) is 12.9. The van der Waals surface area contributed by atoms with Crippen molar-refractivity contribution in [1.29, 1.82) is 0 Å². The Kier molecular flexibility index (Phi) is 5.49. The van der Waals surface area contributed by atoms with Crippen molar-refractivity contribution in [2.24, 2.45) is 0 Å². The van der Waals surface area contributed by atoms with E-state index in [2.05, 4.69) is 11.9 Å². The van der Waals surface area contributed by atoms with Gasteiger partial charge in [-0.1, -0.05) is 12.1 Å². The normalized spacial score (nSPS) is 24.5. The largest absolute Gasteiger partial charge is 0.497 e. The summed E-state index contributed by atoms with van der Waals surface area (Å²) in [5, 5.41) is 15.2. The summed E-state index contributed by atoms with van der Waals surface area (Å²) in [6.07, 6.45) is 3.52. The van der Waals surface area contributed by atoms with E-state index in [9.17, 15) is 9.90 Å². The van der Waals surface area contributed by atoms with E-state index in [1.807, 2.05) is 36.9 Å². The van der Waals surface area contributed by atoms with Crippen molar-refractivity contribution < 1.29 is 14.6 Å². The Hall–Kier alpha value is -2.05. The second kappa shape index (κ2) is 7.52. The molecule has 2 heterocycles. The first-order valence-electron chi connectivity index (χ1n) is 9.69. The molecule has 0 aliphatic carbocycles. The van der Waals surface area contributed by atoms with E-state index in [-0.39, 0.29) is 6.03 Å². The smallest absolute Gasteiger partial charge is 0.323 e. The Bertz CT molecular complexity index is 715. The summed E-state index contributed by atoms with van der Waals surface area (Å²) in [5.74, 6) is 0.757. The summed E-state index contributed by atoms with van der Waals surface area (Å²) in [7, 11) is 1.64. The molecule has 0 aromatic heterocycles. The van der Waals surface area contributed by atoms with Crippen LogP contribution in [0.1, 0.15) is 37.3 Å². The van der Waals surface area contributed by atoms with Crippen LogP contribution in [0, 0.1) is 6.92 Å². The lowest BCUT2D eigenvalue weighted by Crippen LogP contribution is -2.65. The molecule has 27 heavy (non-hydrogen) atoms. The van der Waals surface area contributed by atoms with E-state index in [1.54, 1.807) is 18.1 Å². The standard InChI is InChI=1S/C21H31N3O3/c1-5-7-21(26)20(8-10-22-11-9-20)23(6-2)19(25)24(21)15-17-12-16(3)13-18(14-17)27-4/h5,12-14,22,26H,1,6-11,15H2,2-4H3. The maximum Gasteiger partial charge on any atom is 0.323 e. The molecule has 0 bridgehead atoms. The minimum Gasteiger partial charge on any atom is -0.497 e. The third kappa shape index (κ3) is 3.11. The summed E-state index contributed by atoms with van der Waals surface area (Å²) in [5.41, 5.74) is 0.143. The molecule has 1 aromatic carbocycles. The van der Waals surface area contributed by atoms with Gasteiger partial charge in [-0.25, -0.2) is 4.79 Å². The number of carbonyl (C=O) groups is 1. The third-order valence-corrected chi connectivity index (χ3v) is 6.03. The molecule has 148 valence electrons. The highest BCUT2D eigenvalue weighted by Crippen LogP contribution is 2.48. The van der Waals surface area contributed by atoms with Crippen LogP contribution in [-0.2, 0) is 6.54 Å². The first-order valence-corrected chi connectivity index (χ1v) is 9.69. The molecule has 6 nitrogen and oxygen atoms in total. The second-order valence-corrected chi connectivity index (χ2v) is 7.56. The summed E-state index contributed by atoms with van der Waals surface area (Å²) in [4.78, 5) is 16.9. The number of nitrogens with zero attached hydrogens (tertiary/aromatic N) is 2. The number of amides is 2. The predicted octanol–water partition coefficient (Wildman–Crippen LogP) is 2.65. The van der Waals surface area contributed by atoms with Gasteiger partial charge in [0.15, 0.2) is 5.72 Å². The number of ether oxygens (including phenoxy) is 1. The maximum absolute atomic E-state index is 13.4. The van der Waals surface area contributed by atoms with Gasteiger partial charge >= 0.3 is 6.03 Å². The van der Waals surface area contributed by atoms with Crippen molar-refractivity contribution in [3.63, 3.8) is 0 Å². The number of benzene rings is 1. The number of aliphatic hydroxyl groups is 1. The second-order valence-electron chi connectivity index (χ2n) is 7.56. The first kappa shape index (κ1) is 19.7. The average Bonchev–Trinajstić information content (AvgIpc) is 2.81. The zero-order chi connectivity index (χ0) is 19.7. The molecule has 2 aliphatic heterocycles. The molecule has 0 radical (unpaired) electrons. The SMILES string of the molecule is C=CCC1(O)N(Cc2cc(C)cc(OC)c2)C(=O)N(CC)C12CCNCC2. The van der Waals surface area contributed by atoms with Crippen LogP contribution >= 0.6 is 0 Å². The lowest BCUT2D eigenvalue weighted by atomic mass is 9.76. The number of piperidine rings is 1. The van der Waals surface area contributed by atoms with Crippen LogP contribution in [0.2, 0.25) is 0 Å². The van der Waals surface area contributed by atoms with Crippen LogP contribution in [0.4, 0.5) is 4.79 Å². The number of urea groups is 1. The summed E-state index contributed by atoms with van der Waals surface area (Å²) in [6.45, 7) is 10.3. The molecular formula is C21H31N3O3. The lowest BCUT2D eigenvalue weighted by Gasteiger charge is -2.49. The molecule has 2 fully saturated rings. The highest BCUT2D eigenvalue weighted by Gasteiger charge is 2.65. The minimum atomic E-state index is -1.28. The number of nitrogens with one attached hydrogen (secondary N) is 1. The van der Waals surface area contributed by atoms with Crippen molar-refractivity contribution in [3.05, 3.63) is 42.0 Å². The number of carbonyl (C=O) groups excluding carboxylic acids is 1. The summed E-state index contributed by atoms with van der Waals surface area (Å²) >= 11 is 0. The number of hydrogen-bond donors (Lipinski definition) is 2. The molecule has 6 heteroatoms. The van der Waals surface area contributed by atoms with E-state index in [1.165, 1.54) is 0 Å². The van der Waals surface area contributed by atoms with Gasteiger partial charge in [0.2, 0.25) is 0 Å². The van der Waals surface area contributed by atoms with Gasteiger partial charge in [-0.3, -0.25) is 4.90 Å². The summed E-state index contributed by atoms with van der Waals surface area (Å²) < 4.78 is 5.38. The molecule has 3 rings (SSSR count). The van der Waals surface area contributed by atoms with Gasteiger partial charge < -0.3 is 20.1 Å². The fourth-order valence-corrected chi connectivity index (χ4v) is 4.82. The highest BCUT2D eigenvalue weighted by molar-refractivity contribution is 5.80. The molecule has 2 N–H and O–H groups in total. The third-order valence-electron chi connectivity index (χ3n) is 6.03. The van der Waals surface area contributed by atoms with Crippen LogP contribution in [0.5, 0.6) is 5.75 Å². The highest BCUT2D eigenvalue weighted by atomic mass is 16.5. The van der Waals surface area contributed by atoms with Crippen molar-refractivity contribution >= 4 is 6.03 Å². The van der Waals surface area contributed by atoms with E-state index in [4.69, 9.17) is 4.74 Å². The zero-order valence-corrected chi connectivity index (χ0v) is 16.6. The average molecular weight is 373 g/mol. The summed E-state index contributed by atoms with van der Waals surface area (Å²) in [6, 6.07) is 5.81. The number of likely N-dealkylation sites (N-methyl/N-ethyl adjacent to an activating group) is 1. The Morgan fingerprint density at radius 2 is 2.00 bits per heavy atom. The quantitative estimate of drug-likeness (QED) is 0.753. The molecule has 1 atom stereocenters. The molecule has 1 aromatic rings. The van der Waals surface area contributed by atoms with Gasteiger partial charge in [0.25, 0.3) is 0 Å². The van der Waals surface area contributed by atoms with Gasteiger partial charge in [0.1, 0.15) is 5.75 Å². The van der Waals surface area contributed by atoms with Crippen LogP contribution in [0.15, 0.2) is 30.9 Å². The molecule has 2 amide bonds. The predicted molar refractivity (Wildman–Crippen MR) is 106 cm³/mol. The van der Waals surface area contributed by atoms with E-state index in [0.717, 1.165) is 42.8 Å².